The first-order valence-electron chi connectivity index (χ1n) is 6.66. The van der Waals surface area contributed by atoms with Crippen molar-refractivity contribution in [3.8, 4) is 0 Å². The highest BCUT2D eigenvalue weighted by molar-refractivity contribution is 5.30. The van der Waals surface area contributed by atoms with E-state index in [1.54, 1.807) is 0 Å². The Bertz CT molecular complexity index is 360. The fourth-order valence-electron chi connectivity index (χ4n) is 2.76. The summed E-state index contributed by atoms with van der Waals surface area (Å²) in [6.07, 6.45) is 1.18. The first-order valence-corrected chi connectivity index (χ1v) is 6.66. The van der Waals surface area contributed by atoms with Crippen LogP contribution in [-0.4, -0.2) is 31.1 Å². The largest absolute Gasteiger partial charge is 0.318 e. The van der Waals surface area contributed by atoms with Crippen LogP contribution in [0.5, 0.6) is 0 Å². The molecular formula is C15H24N2. The normalized spacial score (nSPS) is 20.6. The molecule has 2 rings (SSSR count). The number of hydrogen-bond acceptors (Lipinski definition) is 2. The molecule has 1 heterocycles. The second kappa shape index (κ2) is 5.65. The van der Waals surface area contributed by atoms with Crippen LogP contribution < -0.4 is 5.32 Å². The molecule has 1 aromatic rings. The van der Waals surface area contributed by atoms with Crippen molar-refractivity contribution in [1.29, 1.82) is 0 Å². The van der Waals surface area contributed by atoms with Gasteiger partial charge in [0, 0.05) is 25.7 Å². The minimum Gasteiger partial charge on any atom is -0.318 e. The highest BCUT2D eigenvalue weighted by Gasteiger charge is 2.25. The predicted octanol–water partition coefficient (Wildman–Crippen LogP) is 2.29. The number of likely N-dealkylation sites (N-methyl/N-ethyl adjacent to an activating group) is 1. The van der Waals surface area contributed by atoms with E-state index in [-0.39, 0.29) is 0 Å². The fourth-order valence-corrected chi connectivity index (χ4v) is 2.76. The second-order valence-corrected chi connectivity index (χ2v) is 5.51. The minimum atomic E-state index is 0.650. The highest BCUT2D eigenvalue weighted by atomic mass is 15.2. The van der Waals surface area contributed by atoms with Crippen molar-refractivity contribution < 1.29 is 0 Å². The van der Waals surface area contributed by atoms with E-state index in [0.29, 0.717) is 6.04 Å². The molecule has 0 aromatic heterocycles. The van der Waals surface area contributed by atoms with Gasteiger partial charge in [0.2, 0.25) is 0 Å². The van der Waals surface area contributed by atoms with Crippen molar-refractivity contribution in [2.45, 2.75) is 32.9 Å². The number of nitrogens with zero attached hydrogens (tertiary/aromatic N) is 1. The monoisotopic (exact) mass is 232 g/mol. The Kier molecular flexibility index (Phi) is 4.19. The maximum atomic E-state index is 3.33. The molecule has 2 heteroatoms. The molecule has 1 aliphatic rings. The molecule has 0 spiro atoms. The number of hydrogen-bond donors (Lipinski definition) is 1. The first-order chi connectivity index (χ1) is 8.20. The summed E-state index contributed by atoms with van der Waals surface area (Å²) in [5, 5.41) is 3.33. The summed E-state index contributed by atoms with van der Waals surface area (Å²) in [6, 6.07) is 9.53. The van der Waals surface area contributed by atoms with Crippen molar-refractivity contribution in [2.24, 2.45) is 5.92 Å². The van der Waals surface area contributed by atoms with Gasteiger partial charge in [-0.15, -0.1) is 0 Å². The molecule has 0 radical (unpaired) electrons. The Labute approximate surface area is 105 Å². The van der Waals surface area contributed by atoms with Gasteiger partial charge in [-0.25, -0.2) is 0 Å². The molecule has 1 aromatic carbocycles. The molecule has 0 bridgehead atoms. The molecule has 0 aliphatic carbocycles. The van der Waals surface area contributed by atoms with E-state index in [4.69, 9.17) is 0 Å². The first kappa shape index (κ1) is 12.6. The van der Waals surface area contributed by atoms with Gasteiger partial charge in [-0.3, -0.25) is 4.90 Å². The van der Waals surface area contributed by atoms with E-state index < -0.39 is 0 Å². The molecule has 0 saturated carbocycles. The van der Waals surface area contributed by atoms with E-state index in [2.05, 4.69) is 48.3 Å². The van der Waals surface area contributed by atoms with Crippen molar-refractivity contribution >= 4 is 0 Å². The summed E-state index contributed by atoms with van der Waals surface area (Å²) in [6.45, 7) is 8.00. The van der Waals surface area contributed by atoms with Crippen LogP contribution in [0, 0.1) is 5.92 Å². The number of benzene rings is 1. The van der Waals surface area contributed by atoms with Gasteiger partial charge in [-0.1, -0.05) is 38.1 Å². The molecule has 2 nitrogen and oxygen atoms in total. The highest BCUT2D eigenvalue weighted by Crippen LogP contribution is 2.23. The van der Waals surface area contributed by atoms with Gasteiger partial charge in [-0.05, 0) is 30.5 Å². The molecule has 94 valence electrons. The lowest BCUT2D eigenvalue weighted by atomic mass is 9.93. The Balaban J connectivity index is 2.15. The number of rotatable bonds is 4. The summed E-state index contributed by atoms with van der Waals surface area (Å²) in [4.78, 5) is 2.63. The van der Waals surface area contributed by atoms with Crippen molar-refractivity contribution in [3.63, 3.8) is 0 Å². The van der Waals surface area contributed by atoms with Crippen LogP contribution in [0.15, 0.2) is 24.3 Å². The van der Waals surface area contributed by atoms with Crippen molar-refractivity contribution in [2.75, 3.05) is 20.1 Å². The summed E-state index contributed by atoms with van der Waals surface area (Å²) in [5.41, 5.74) is 3.05. The number of nitrogens with one attached hydrogen (secondary N) is 1. The third kappa shape index (κ3) is 3.08. The summed E-state index contributed by atoms with van der Waals surface area (Å²) >= 11 is 0. The molecule has 0 saturated heterocycles. The average Bonchev–Trinajstić information content (AvgIpc) is 2.29. The Hall–Kier alpha value is -0.860. The molecule has 0 amide bonds. The minimum absolute atomic E-state index is 0.650. The van der Waals surface area contributed by atoms with E-state index in [1.807, 2.05) is 7.05 Å². The van der Waals surface area contributed by atoms with Crippen LogP contribution in [-0.2, 0) is 13.0 Å². The maximum absolute atomic E-state index is 3.33. The fraction of sp³-hybridized carbons (Fsp3) is 0.600. The predicted molar refractivity (Wildman–Crippen MR) is 73.1 cm³/mol. The van der Waals surface area contributed by atoms with Gasteiger partial charge >= 0.3 is 0 Å². The molecular weight excluding hydrogens is 208 g/mol. The Morgan fingerprint density at radius 1 is 1.29 bits per heavy atom. The second-order valence-electron chi connectivity index (χ2n) is 5.51. The smallest absolute Gasteiger partial charge is 0.0264 e. The molecule has 1 N–H and O–H groups in total. The van der Waals surface area contributed by atoms with Crippen LogP contribution in [0.2, 0.25) is 0 Å². The van der Waals surface area contributed by atoms with Crippen molar-refractivity contribution in [1.82, 2.24) is 10.2 Å². The van der Waals surface area contributed by atoms with Gasteiger partial charge in [0.05, 0.1) is 0 Å². The van der Waals surface area contributed by atoms with E-state index >= 15 is 0 Å². The van der Waals surface area contributed by atoms with Crippen LogP contribution >= 0.6 is 0 Å². The SMILES string of the molecule is CNCC1Cc2ccccc2CN1CC(C)C. The van der Waals surface area contributed by atoms with Gasteiger partial charge in [0.25, 0.3) is 0 Å². The molecule has 1 unspecified atom stereocenters. The topological polar surface area (TPSA) is 15.3 Å². The summed E-state index contributed by atoms with van der Waals surface area (Å²) < 4.78 is 0. The van der Waals surface area contributed by atoms with Gasteiger partial charge in [-0.2, -0.15) is 0 Å². The lowest BCUT2D eigenvalue weighted by molar-refractivity contribution is 0.151. The van der Waals surface area contributed by atoms with Crippen LogP contribution in [0.1, 0.15) is 25.0 Å². The number of fused-ring (bicyclic) bond motifs is 1. The van der Waals surface area contributed by atoms with Crippen LogP contribution in [0.4, 0.5) is 0 Å². The van der Waals surface area contributed by atoms with E-state index in [9.17, 15) is 0 Å². The Morgan fingerprint density at radius 2 is 2.00 bits per heavy atom. The molecule has 0 fully saturated rings. The lowest BCUT2D eigenvalue weighted by Gasteiger charge is -2.38. The zero-order valence-electron chi connectivity index (χ0n) is 11.2. The third-order valence-electron chi connectivity index (χ3n) is 3.50. The summed E-state index contributed by atoms with van der Waals surface area (Å²) in [7, 11) is 2.05. The summed E-state index contributed by atoms with van der Waals surface area (Å²) in [5.74, 6) is 0.736. The lowest BCUT2D eigenvalue weighted by Crippen LogP contribution is -2.47. The standard InChI is InChI=1S/C15H24N2/c1-12(2)10-17-11-14-7-5-4-6-13(14)8-15(17)9-16-3/h4-7,12,15-16H,8-11H2,1-3H3. The van der Waals surface area contributed by atoms with E-state index in [1.165, 1.54) is 24.1 Å². The van der Waals surface area contributed by atoms with Crippen molar-refractivity contribution in [3.05, 3.63) is 35.4 Å². The third-order valence-corrected chi connectivity index (χ3v) is 3.50. The quantitative estimate of drug-likeness (QED) is 0.857. The van der Waals surface area contributed by atoms with E-state index in [0.717, 1.165) is 19.0 Å². The molecule has 1 aliphatic heterocycles. The van der Waals surface area contributed by atoms with Gasteiger partial charge < -0.3 is 5.32 Å². The Morgan fingerprint density at radius 3 is 2.65 bits per heavy atom. The molecule has 1 atom stereocenters. The zero-order chi connectivity index (χ0) is 12.3. The maximum Gasteiger partial charge on any atom is 0.0264 e. The van der Waals surface area contributed by atoms with Crippen LogP contribution in [0.25, 0.3) is 0 Å². The average molecular weight is 232 g/mol. The molecule has 17 heavy (non-hydrogen) atoms. The van der Waals surface area contributed by atoms with Gasteiger partial charge in [0.15, 0.2) is 0 Å². The van der Waals surface area contributed by atoms with Crippen LogP contribution in [0.3, 0.4) is 0 Å². The van der Waals surface area contributed by atoms with Gasteiger partial charge in [0.1, 0.15) is 0 Å². The zero-order valence-corrected chi connectivity index (χ0v) is 11.2.